The minimum Gasteiger partial charge on any atom is -0.383 e. The van der Waals surface area contributed by atoms with Crippen LogP contribution in [-0.4, -0.2) is 70.8 Å². The summed E-state index contributed by atoms with van der Waals surface area (Å²) in [6.45, 7) is 5.23. The molecule has 124 valence electrons. The van der Waals surface area contributed by atoms with Gasteiger partial charge in [-0.25, -0.2) is 12.7 Å². The zero-order chi connectivity index (χ0) is 15.7. The summed E-state index contributed by atoms with van der Waals surface area (Å²) in [6, 6.07) is 0. The molecule has 0 radical (unpaired) electrons. The average molecular weight is 321 g/mol. The van der Waals surface area contributed by atoms with Crippen LogP contribution in [0.1, 0.15) is 19.8 Å². The molecule has 1 saturated heterocycles. The van der Waals surface area contributed by atoms with Crippen molar-refractivity contribution >= 4 is 15.9 Å². The van der Waals surface area contributed by atoms with Gasteiger partial charge in [-0.3, -0.25) is 4.79 Å². The van der Waals surface area contributed by atoms with E-state index < -0.39 is 10.0 Å². The van der Waals surface area contributed by atoms with Crippen LogP contribution in [0, 0.1) is 5.92 Å². The molecule has 0 saturated carbocycles. The number of piperidine rings is 1. The Morgan fingerprint density at radius 2 is 1.90 bits per heavy atom. The number of carbonyl (C=O) groups excluding carboxylic acids is 1. The second-order valence-electron chi connectivity index (χ2n) is 5.11. The SMILES string of the molecule is CCS(=O)(=O)N1CCC(C(=O)NCCNCCOC)CC1. The van der Waals surface area contributed by atoms with Crippen molar-refractivity contribution in [3.05, 3.63) is 0 Å². The molecule has 1 amide bonds. The maximum Gasteiger partial charge on any atom is 0.223 e. The van der Waals surface area contributed by atoms with Gasteiger partial charge in [0.25, 0.3) is 0 Å². The molecule has 1 rings (SSSR count). The highest BCUT2D eigenvalue weighted by atomic mass is 32.2. The van der Waals surface area contributed by atoms with E-state index in [2.05, 4.69) is 10.6 Å². The second-order valence-corrected chi connectivity index (χ2v) is 7.37. The van der Waals surface area contributed by atoms with Crippen LogP contribution in [0.3, 0.4) is 0 Å². The zero-order valence-corrected chi connectivity index (χ0v) is 13.7. The molecule has 0 spiro atoms. The Kier molecular flexibility index (Phi) is 8.16. The molecule has 2 N–H and O–H groups in total. The molecule has 1 heterocycles. The Balaban J connectivity index is 2.20. The Hall–Kier alpha value is -0.700. The maximum atomic E-state index is 12.0. The van der Waals surface area contributed by atoms with Crippen molar-refractivity contribution in [3.8, 4) is 0 Å². The lowest BCUT2D eigenvalue weighted by atomic mass is 9.97. The summed E-state index contributed by atoms with van der Waals surface area (Å²) < 4.78 is 29.9. The predicted octanol–water partition coefficient (Wildman–Crippen LogP) is -0.600. The van der Waals surface area contributed by atoms with Crippen molar-refractivity contribution in [1.82, 2.24) is 14.9 Å². The minimum atomic E-state index is -3.12. The molecule has 1 aliphatic heterocycles. The van der Waals surface area contributed by atoms with Crippen molar-refractivity contribution in [2.45, 2.75) is 19.8 Å². The van der Waals surface area contributed by atoms with Crippen LogP contribution in [0.2, 0.25) is 0 Å². The highest BCUT2D eigenvalue weighted by Gasteiger charge is 2.29. The third-order valence-corrected chi connectivity index (χ3v) is 5.55. The van der Waals surface area contributed by atoms with Gasteiger partial charge in [0.05, 0.1) is 12.4 Å². The van der Waals surface area contributed by atoms with Crippen molar-refractivity contribution in [2.75, 3.05) is 52.2 Å². The van der Waals surface area contributed by atoms with Crippen molar-refractivity contribution in [1.29, 1.82) is 0 Å². The van der Waals surface area contributed by atoms with E-state index in [-0.39, 0.29) is 17.6 Å². The van der Waals surface area contributed by atoms with Crippen LogP contribution in [0.4, 0.5) is 0 Å². The molecule has 0 aromatic heterocycles. The van der Waals surface area contributed by atoms with Crippen LogP contribution in [-0.2, 0) is 19.6 Å². The van der Waals surface area contributed by atoms with Crippen LogP contribution in [0.15, 0.2) is 0 Å². The molecule has 1 fully saturated rings. The van der Waals surface area contributed by atoms with Gasteiger partial charge in [0.2, 0.25) is 15.9 Å². The fraction of sp³-hybridized carbons (Fsp3) is 0.923. The van der Waals surface area contributed by atoms with Crippen molar-refractivity contribution < 1.29 is 17.9 Å². The topological polar surface area (TPSA) is 87.7 Å². The quantitative estimate of drug-likeness (QED) is 0.554. The van der Waals surface area contributed by atoms with Gasteiger partial charge in [0.15, 0.2) is 0 Å². The van der Waals surface area contributed by atoms with Gasteiger partial charge in [0, 0.05) is 45.8 Å². The molecule has 0 aliphatic carbocycles. The number of rotatable bonds is 9. The molecule has 21 heavy (non-hydrogen) atoms. The van der Waals surface area contributed by atoms with E-state index in [1.807, 2.05) is 0 Å². The van der Waals surface area contributed by atoms with Crippen molar-refractivity contribution in [3.63, 3.8) is 0 Å². The van der Waals surface area contributed by atoms with E-state index >= 15 is 0 Å². The van der Waals surface area contributed by atoms with Gasteiger partial charge < -0.3 is 15.4 Å². The van der Waals surface area contributed by atoms with Crippen LogP contribution in [0.5, 0.6) is 0 Å². The second kappa shape index (κ2) is 9.34. The van der Waals surface area contributed by atoms with Crippen molar-refractivity contribution in [2.24, 2.45) is 5.92 Å². The van der Waals surface area contributed by atoms with E-state index in [1.54, 1.807) is 14.0 Å². The summed E-state index contributed by atoms with van der Waals surface area (Å²) >= 11 is 0. The first-order valence-corrected chi connectivity index (χ1v) is 9.07. The van der Waals surface area contributed by atoms with Gasteiger partial charge >= 0.3 is 0 Å². The Labute approximate surface area is 127 Å². The first kappa shape index (κ1) is 18.3. The fourth-order valence-corrected chi connectivity index (χ4v) is 3.43. The first-order valence-electron chi connectivity index (χ1n) is 7.46. The molecule has 0 aromatic rings. The van der Waals surface area contributed by atoms with Gasteiger partial charge in [0.1, 0.15) is 0 Å². The number of ether oxygens (including phenoxy) is 1. The van der Waals surface area contributed by atoms with E-state index in [1.165, 1.54) is 4.31 Å². The molecule has 8 heteroatoms. The van der Waals surface area contributed by atoms with Crippen LogP contribution >= 0.6 is 0 Å². The van der Waals surface area contributed by atoms with Gasteiger partial charge in [-0.2, -0.15) is 0 Å². The van der Waals surface area contributed by atoms with Gasteiger partial charge in [-0.1, -0.05) is 0 Å². The van der Waals surface area contributed by atoms with Crippen LogP contribution < -0.4 is 10.6 Å². The standard InChI is InChI=1S/C13H27N3O4S/c1-3-21(18,19)16-9-4-12(5-10-16)13(17)15-7-6-14-8-11-20-2/h12,14H,3-11H2,1-2H3,(H,15,17). The van der Waals surface area contributed by atoms with Gasteiger partial charge in [-0.05, 0) is 19.8 Å². The summed E-state index contributed by atoms with van der Waals surface area (Å²) in [7, 11) is -1.47. The summed E-state index contributed by atoms with van der Waals surface area (Å²) in [5, 5.41) is 6.04. The number of nitrogens with zero attached hydrogens (tertiary/aromatic N) is 1. The number of sulfonamides is 1. The highest BCUT2D eigenvalue weighted by Crippen LogP contribution is 2.19. The van der Waals surface area contributed by atoms with E-state index in [0.717, 1.165) is 6.54 Å². The summed E-state index contributed by atoms with van der Waals surface area (Å²) in [5.41, 5.74) is 0. The third kappa shape index (κ3) is 6.29. The van der Waals surface area contributed by atoms with Crippen LogP contribution in [0.25, 0.3) is 0 Å². The first-order chi connectivity index (χ1) is 10.0. The number of carbonyl (C=O) groups is 1. The number of hydrogen-bond acceptors (Lipinski definition) is 5. The summed E-state index contributed by atoms with van der Waals surface area (Å²) in [6.07, 6.45) is 1.20. The molecule has 7 nitrogen and oxygen atoms in total. The number of methoxy groups -OCH3 is 1. The molecule has 0 unspecified atom stereocenters. The lowest BCUT2D eigenvalue weighted by Gasteiger charge is -2.30. The Bertz CT molecular complexity index is 406. The lowest BCUT2D eigenvalue weighted by molar-refractivity contribution is -0.126. The number of nitrogens with one attached hydrogen (secondary N) is 2. The van der Waals surface area contributed by atoms with Gasteiger partial charge in [-0.15, -0.1) is 0 Å². The normalized spacial score (nSPS) is 17.8. The minimum absolute atomic E-state index is 0.0251. The molecular formula is C13H27N3O4S. The highest BCUT2D eigenvalue weighted by molar-refractivity contribution is 7.89. The monoisotopic (exact) mass is 321 g/mol. The predicted molar refractivity (Wildman–Crippen MR) is 81.5 cm³/mol. The van der Waals surface area contributed by atoms with E-state index in [9.17, 15) is 13.2 Å². The number of hydrogen-bond donors (Lipinski definition) is 2. The molecule has 1 aliphatic rings. The number of amides is 1. The molecular weight excluding hydrogens is 294 g/mol. The van der Waals surface area contributed by atoms with E-state index in [4.69, 9.17) is 4.74 Å². The smallest absolute Gasteiger partial charge is 0.223 e. The molecule has 0 bridgehead atoms. The molecule has 0 atom stereocenters. The molecule has 0 aromatic carbocycles. The fourth-order valence-electron chi connectivity index (χ4n) is 2.30. The largest absolute Gasteiger partial charge is 0.383 e. The van der Waals surface area contributed by atoms with E-state index in [0.29, 0.717) is 45.6 Å². The maximum absolute atomic E-state index is 12.0. The summed E-state index contributed by atoms with van der Waals surface area (Å²) in [4.78, 5) is 12.0. The lowest BCUT2D eigenvalue weighted by Crippen LogP contribution is -2.44. The summed E-state index contributed by atoms with van der Waals surface area (Å²) in [5.74, 6) is 0.0705. The Morgan fingerprint density at radius 1 is 1.24 bits per heavy atom. The third-order valence-electron chi connectivity index (χ3n) is 3.67. The average Bonchev–Trinajstić information content (AvgIpc) is 2.50. The Morgan fingerprint density at radius 3 is 2.48 bits per heavy atom. The zero-order valence-electron chi connectivity index (χ0n) is 12.9.